The molecule has 3 nitrogen and oxygen atoms in total. The maximum atomic E-state index is 3.57. The second-order valence-corrected chi connectivity index (χ2v) is 6.12. The van der Waals surface area contributed by atoms with Gasteiger partial charge in [-0.1, -0.05) is 13.8 Å². The van der Waals surface area contributed by atoms with E-state index in [1.807, 2.05) is 0 Å². The Kier molecular flexibility index (Phi) is 5.90. The molecule has 1 saturated heterocycles. The van der Waals surface area contributed by atoms with Crippen LogP contribution in [0.3, 0.4) is 0 Å². The summed E-state index contributed by atoms with van der Waals surface area (Å²) in [5, 5.41) is 3.57. The van der Waals surface area contributed by atoms with Crippen LogP contribution in [-0.4, -0.2) is 60.6 Å². The highest BCUT2D eigenvalue weighted by Gasteiger charge is 2.26. The first-order valence-electron chi connectivity index (χ1n) is 7.18. The number of nitrogens with zero attached hydrogens (tertiary/aromatic N) is 2. The Morgan fingerprint density at radius 3 is 2.06 bits per heavy atom. The van der Waals surface area contributed by atoms with Crippen LogP contribution in [0.15, 0.2) is 0 Å². The minimum atomic E-state index is 0.331. The first kappa shape index (κ1) is 14.9. The number of likely N-dealkylation sites (N-methyl/N-ethyl adjacent to an activating group) is 1. The van der Waals surface area contributed by atoms with E-state index in [1.54, 1.807) is 0 Å². The Morgan fingerprint density at radius 1 is 1.06 bits per heavy atom. The topological polar surface area (TPSA) is 18.5 Å². The highest BCUT2D eigenvalue weighted by atomic mass is 15.3. The molecule has 0 aromatic carbocycles. The van der Waals surface area contributed by atoms with Crippen molar-refractivity contribution in [2.24, 2.45) is 0 Å². The minimum Gasteiger partial charge on any atom is -0.313 e. The van der Waals surface area contributed by atoms with Gasteiger partial charge in [-0.15, -0.1) is 0 Å². The summed E-state index contributed by atoms with van der Waals surface area (Å²) in [5.41, 5.74) is 0.331. The van der Waals surface area contributed by atoms with Gasteiger partial charge < -0.3 is 5.32 Å². The van der Waals surface area contributed by atoms with Gasteiger partial charge in [-0.3, -0.25) is 9.80 Å². The lowest BCUT2D eigenvalue weighted by molar-refractivity contribution is 0.0579. The monoisotopic (exact) mass is 241 g/mol. The standard InChI is InChI=1S/C14H31N3/c1-6-13(15-7-2)12-16-8-10-17(11-9-16)14(3,4)5/h13,15H,6-12H2,1-5H3. The van der Waals surface area contributed by atoms with Crippen LogP contribution in [0.1, 0.15) is 41.0 Å². The number of hydrogen-bond donors (Lipinski definition) is 1. The second kappa shape index (κ2) is 6.72. The first-order chi connectivity index (χ1) is 7.97. The molecule has 102 valence electrons. The molecule has 1 fully saturated rings. The Bertz CT molecular complexity index is 202. The summed E-state index contributed by atoms with van der Waals surface area (Å²) in [5.74, 6) is 0. The van der Waals surface area contributed by atoms with Crippen LogP contribution in [0.25, 0.3) is 0 Å². The summed E-state index contributed by atoms with van der Waals surface area (Å²) < 4.78 is 0. The Morgan fingerprint density at radius 2 is 1.65 bits per heavy atom. The Hall–Kier alpha value is -0.120. The third kappa shape index (κ3) is 4.94. The lowest BCUT2D eigenvalue weighted by atomic mass is 10.0. The molecular weight excluding hydrogens is 210 g/mol. The van der Waals surface area contributed by atoms with Crippen molar-refractivity contribution < 1.29 is 0 Å². The Labute approximate surface area is 108 Å². The van der Waals surface area contributed by atoms with Crippen LogP contribution in [0.4, 0.5) is 0 Å². The fraction of sp³-hybridized carbons (Fsp3) is 1.00. The third-order valence-corrected chi connectivity index (χ3v) is 3.79. The molecule has 0 spiro atoms. The maximum absolute atomic E-state index is 3.57. The van der Waals surface area contributed by atoms with Gasteiger partial charge in [-0.25, -0.2) is 0 Å². The summed E-state index contributed by atoms with van der Waals surface area (Å²) in [6, 6.07) is 0.668. The predicted molar refractivity (Wildman–Crippen MR) is 75.5 cm³/mol. The fourth-order valence-corrected chi connectivity index (χ4v) is 2.54. The number of rotatable bonds is 5. The molecule has 1 unspecified atom stereocenters. The SMILES string of the molecule is CCNC(CC)CN1CCN(C(C)(C)C)CC1. The molecule has 0 bridgehead atoms. The summed E-state index contributed by atoms with van der Waals surface area (Å²) >= 11 is 0. The zero-order valence-electron chi connectivity index (χ0n) is 12.4. The van der Waals surface area contributed by atoms with Crippen LogP contribution in [0, 0.1) is 0 Å². The van der Waals surface area contributed by atoms with Crippen LogP contribution >= 0.6 is 0 Å². The van der Waals surface area contributed by atoms with Gasteiger partial charge in [0.15, 0.2) is 0 Å². The van der Waals surface area contributed by atoms with Crippen LogP contribution in [0.5, 0.6) is 0 Å². The average Bonchev–Trinajstić information content (AvgIpc) is 2.28. The van der Waals surface area contributed by atoms with Crippen molar-refractivity contribution in [3.8, 4) is 0 Å². The van der Waals surface area contributed by atoms with Crippen LogP contribution < -0.4 is 5.32 Å². The van der Waals surface area contributed by atoms with E-state index in [0.29, 0.717) is 11.6 Å². The van der Waals surface area contributed by atoms with Gasteiger partial charge in [-0.05, 0) is 33.7 Å². The Balaban J connectivity index is 2.31. The van der Waals surface area contributed by atoms with E-state index in [2.05, 4.69) is 49.7 Å². The van der Waals surface area contributed by atoms with Crippen molar-refractivity contribution in [2.75, 3.05) is 39.3 Å². The zero-order chi connectivity index (χ0) is 12.9. The number of hydrogen-bond acceptors (Lipinski definition) is 3. The molecule has 1 aliphatic heterocycles. The van der Waals surface area contributed by atoms with E-state index in [4.69, 9.17) is 0 Å². The molecule has 0 amide bonds. The third-order valence-electron chi connectivity index (χ3n) is 3.79. The lowest BCUT2D eigenvalue weighted by Crippen LogP contribution is -2.55. The molecule has 1 N–H and O–H groups in total. The van der Waals surface area contributed by atoms with Gasteiger partial charge in [0.05, 0.1) is 0 Å². The van der Waals surface area contributed by atoms with Crippen molar-refractivity contribution in [3.63, 3.8) is 0 Å². The molecule has 0 saturated carbocycles. The highest BCUT2D eigenvalue weighted by Crippen LogP contribution is 2.15. The summed E-state index contributed by atoms with van der Waals surface area (Å²) in [6.07, 6.45) is 1.23. The normalized spacial score (nSPS) is 21.7. The predicted octanol–water partition coefficient (Wildman–Crippen LogP) is 1.79. The summed E-state index contributed by atoms with van der Waals surface area (Å²) in [6.45, 7) is 18.6. The highest BCUT2D eigenvalue weighted by molar-refractivity contribution is 4.83. The van der Waals surface area contributed by atoms with Gasteiger partial charge in [-0.2, -0.15) is 0 Å². The average molecular weight is 241 g/mol. The minimum absolute atomic E-state index is 0.331. The quantitative estimate of drug-likeness (QED) is 0.792. The lowest BCUT2D eigenvalue weighted by Gasteiger charge is -2.43. The first-order valence-corrected chi connectivity index (χ1v) is 7.18. The van der Waals surface area contributed by atoms with E-state index in [1.165, 1.54) is 39.1 Å². The molecule has 1 heterocycles. The molecule has 0 aromatic rings. The number of nitrogens with one attached hydrogen (secondary N) is 1. The van der Waals surface area contributed by atoms with Crippen molar-refractivity contribution in [2.45, 2.75) is 52.6 Å². The van der Waals surface area contributed by atoms with Crippen molar-refractivity contribution >= 4 is 0 Å². The van der Waals surface area contributed by atoms with Gasteiger partial charge in [0.25, 0.3) is 0 Å². The zero-order valence-corrected chi connectivity index (χ0v) is 12.4. The molecule has 0 aromatic heterocycles. The van der Waals surface area contributed by atoms with Crippen LogP contribution in [-0.2, 0) is 0 Å². The molecule has 0 radical (unpaired) electrons. The number of piperazine rings is 1. The molecule has 1 atom stereocenters. The summed E-state index contributed by atoms with van der Waals surface area (Å²) in [4.78, 5) is 5.21. The fourth-order valence-electron chi connectivity index (χ4n) is 2.54. The molecule has 17 heavy (non-hydrogen) atoms. The van der Waals surface area contributed by atoms with E-state index >= 15 is 0 Å². The van der Waals surface area contributed by atoms with E-state index in [9.17, 15) is 0 Å². The van der Waals surface area contributed by atoms with Crippen LogP contribution in [0.2, 0.25) is 0 Å². The second-order valence-electron chi connectivity index (χ2n) is 6.12. The maximum Gasteiger partial charge on any atom is 0.0192 e. The molecule has 1 aliphatic rings. The van der Waals surface area contributed by atoms with Gasteiger partial charge in [0.1, 0.15) is 0 Å². The van der Waals surface area contributed by atoms with Crippen molar-refractivity contribution in [1.29, 1.82) is 0 Å². The van der Waals surface area contributed by atoms with Gasteiger partial charge >= 0.3 is 0 Å². The largest absolute Gasteiger partial charge is 0.313 e. The molecule has 3 heteroatoms. The van der Waals surface area contributed by atoms with Gasteiger partial charge in [0, 0.05) is 44.3 Å². The van der Waals surface area contributed by atoms with Crippen molar-refractivity contribution in [3.05, 3.63) is 0 Å². The molecule has 1 rings (SSSR count). The van der Waals surface area contributed by atoms with E-state index in [0.717, 1.165) is 6.54 Å². The summed E-state index contributed by atoms with van der Waals surface area (Å²) in [7, 11) is 0. The molecule has 0 aliphatic carbocycles. The van der Waals surface area contributed by atoms with E-state index < -0.39 is 0 Å². The molecular formula is C14H31N3. The van der Waals surface area contributed by atoms with Crippen molar-refractivity contribution in [1.82, 2.24) is 15.1 Å². The van der Waals surface area contributed by atoms with Gasteiger partial charge in [0.2, 0.25) is 0 Å². The van der Waals surface area contributed by atoms with E-state index in [-0.39, 0.29) is 0 Å². The smallest absolute Gasteiger partial charge is 0.0192 e.